The average molecular weight is 459 g/mol. The Morgan fingerprint density at radius 2 is 1.83 bits per heavy atom. The molecule has 0 aliphatic heterocycles. The van der Waals surface area contributed by atoms with E-state index in [1.165, 1.54) is 14.1 Å². The van der Waals surface area contributed by atoms with Gasteiger partial charge in [0.05, 0.1) is 11.1 Å². The molecule has 0 bridgehead atoms. The van der Waals surface area contributed by atoms with Gasteiger partial charge in [-0.05, 0) is 6.42 Å². The highest BCUT2D eigenvalue weighted by Crippen LogP contribution is 2.35. The number of halogens is 6. The highest BCUT2D eigenvalue weighted by atomic mass is 32.2. The van der Waals surface area contributed by atoms with Crippen LogP contribution < -0.4 is 0 Å². The molecule has 0 aromatic carbocycles. The number of aliphatic imine (C=N–C) groups is 1. The Bertz CT molecular complexity index is 970. The third-order valence-corrected chi connectivity index (χ3v) is 5.42. The number of carbonyl (C=O) groups excluding carboxylic acids is 1. The number of aromatic nitrogens is 4. The summed E-state index contributed by atoms with van der Waals surface area (Å²) < 4.78 is 79.5. The number of aromatic amines is 1. The topological polar surface area (TPSA) is 68.0 Å². The predicted molar refractivity (Wildman–Crippen MR) is 97.0 cm³/mol. The maximum absolute atomic E-state index is 13.0. The fraction of sp³-hybridized carbons (Fsp3) is 0.467. The molecule has 6 nitrogen and oxygen atoms in total. The first kappa shape index (κ1) is 23.2. The van der Waals surface area contributed by atoms with Crippen LogP contribution in [0.3, 0.4) is 0 Å². The van der Waals surface area contributed by atoms with Crippen molar-refractivity contribution >= 4 is 36.5 Å². The zero-order valence-corrected chi connectivity index (χ0v) is 16.7. The summed E-state index contributed by atoms with van der Waals surface area (Å²) in [5, 5.41) is 5.51. The van der Waals surface area contributed by atoms with Crippen molar-refractivity contribution < 1.29 is 31.1 Å². The van der Waals surface area contributed by atoms with Crippen molar-refractivity contribution in [3.63, 3.8) is 0 Å². The Morgan fingerprint density at radius 3 is 2.38 bits per heavy atom. The van der Waals surface area contributed by atoms with E-state index in [0.29, 0.717) is 6.42 Å². The SMILES string of the molecule is Cn1nc(C(F)(F)F)c(C=O)c1SCCCN=Cc1c(C(F)(F)F)[nH]n(C)c1=S. The van der Waals surface area contributed by atoms with Gasteiger partial charge in [0, 0.05) is 32.6 Å². The van der Waals surface area contributed by atoms with Crippen LogP contribution in [0.15, 0.2) is 10.0 Å². The Hall–Kier alpha value is -2.09. The standard InChI is InChI=1S/C15H15F6N5OS2/c1-25-12(28)8(10(23-25)14(16,17)18)6-22-4-3-5-29-13-9(7-27)11(15(19,20)21)24-26(13)2/h6-7,23H,3-5H2,1-2H3. The molecule has 2 aromatic heterocycles. The van der Waals surface area contributed by atoms with Crippen LogP contribution in [0.25, 0.3) is 0 Å². The summed E-state index contributed by atoms with van der Waals surface area (Å²) in [5.74, 6) is 0.281. The normalized spacial score (nSPS) is 12.8. The van der Waals surface area contributed by atoms with Gasteiger partial charge in [-0.3, -0.25) is 24.2 Å². The van der Waals surface area contributed by atoms with E-state index in [4.69, 9.17) is 12.2 Å². The molecular formula is C15H15F6N5OS2. The molecule has 0 spiro atoms. The van der Waals surface area contributed by atoms with Crippen LogP contribution >= 0.6 is 24.0 Å². The summed E-state index contributed by atoms with van der Waals surface area (Å²) in [4.78, 5) is 15.0. The van der Waals surface area contributed by atoms with Gasteiger partial charge in [-0.2, -0.15) is 31.4 Å². The maximum atomic E-state index is 13.0. The molecule has 0 saturated carbocycles. The number of H-pyrrole nitrogens is 1. The molecule has 2 heterocycles. The van der Waals surface area contributed by atoms with E-state index in [9.17, 15) is 31.1 Å². The van der Waals surface area contributed by atoms with Crippen LogP contribution in [0, 0.1) is 4.64 Å². The van der Waals surface area contributed by atoms with Crippen LogP contribution in [0.4, 0.5) is 26.3 Å². The molecule has 2 aromatic rings. The van der Waals surface area contributed by atoms with Crippen LogP contribution in [-0.2, 0) is 26.4 Å². The van der Waals surface area contributed by atoms with E-state index in [2.05, 4.69) is 15.2 Å². The molecule has 0 fully saturated rings. The van der Waals surface area contributed by atoms with Crippen molar-refractivity contribution in [2.75, 3.05) is 12.3 Å². The van der Waals surface area contributed by atoms with Gasteiger partial charge in [0.25, 0.3) is 0 Å². The van der Waals surface area contributed by atoms with E-state index < -0.39 is 29.3 Å². The monoisotopic (exact) mass is 459 g/mol. The van der Waals surface area contributed by atoms with Crippen LogP contribution in [0.2, 0.25) is 0 Å². The Morgan fingerprint density at radius 1 is 1.17 bits per heavy atom. The van der Waals surface area contributed by atoms with Gasteiger partial charge in [0.1, 0.15) is 15.4 Å². The Labute approximate surface area is 170 Å². The Kier molecular flexibility index (Phi) is 6.98. The Balaban J connectivity index is 2.01. The van der Waals surface area contributed by atoms with Gasteiger partial charge in [0.2, 0.25) is 0 Å². The van der Waals surface area contributed by atoms with Crippen molar-refractivity contribution in [1.29, 1.82) is 0 Å². The summed E-state index contributed by atoms with van der Waals surface area (Å²) in [6.45, 7) is 0.119. The average Bonchev–Trinajstić information content (AvgIpc) is 3.08. The summed E-state index contributed by atoms with van der Waals surface area (Å²) >= 11 is 5.90. The molecule has 29 heavy (non-hydrogen) atoms. The number of nitrogens with one attached hydrogen (secondary N) is 1. The smallest absolute Gasteiger partial charge is 0.298 e. The lowest BCUT2D eigenvalue weighted by Gasteiger charge is -2.04. The van der Waals surface area contributed by atoms with Crippen molar-refractivity contribution in [1.82, 2.24) is 19.6 Å². The van der Waals surface area contributed by atoms with Gasteiger partial charge in [-0.1, -0.05) is 12.2 Å². The second-order valence-corrected chi connectivity index (χ2v) is 7.28. The highest BCUT2D eigenvalue weighted by molar-refractivity contribution is 7.99. The van der Waals surface area contributed by atoms with Crippen molar-refractivity contribution in [3.05, 3.63) is 27.2 Å². The van der Waals surface area contributed by atoms with Crippen LogP contribution in [0.1, 0.15) is 33.7 Å². The first-order valence-electron chi connectivity index (χ1n) is 7.96. The molecule has 0 saturated heterocycles. The van der Waals surface area contributed by atoms with Gasteiger partial charge in [-0.15, -0.1) is 11.8 Å². The van der Waals surface area contributed by atoms with Crippen molar-refractivity contribution in [2.45, 2.75) is 23.8 Å². The number of carbonyl (C=O) groups is 1. The number of hydrogen-bond acceptors (Lipinski definition) is 5. The molecule has 0 amide bonds. The minimum absolute atomic E-state index is 0.0550. The van der Waals surface area contributed by atoms with Gasteiger partial charge in [-0.25, -0.2) is 0 Å². The zero-order valence-electron chi connectivity index (χ0n) is 15.1. The lowest BCUT2D eigenvalue weighted by atomic mass is 10.2. The molecular weight excluding hydrogens is 444 g/mol. The molecule has 0 atom stereocenters. The molecule has 0 radical (unpaired) electrons. The van der Waals surface area contributed by atoms with Crippen molar-refractivity contribution in [3.8, 4) is 0 Å². The lowest BCUT2D eigenvalue weighted by molar-refractivity contribution is -0.142. The largest absolute Gasteiger partial charge is 0.435 e. The van der Waals surface area contributed by atoms with E-state index >= 15 is 0 Å². The fourth-order valence-electron chi connectivity index (χ4n) is 2.39. The number of nitrogens with zero attached hydrogens (tertiary/aromatic N) is 4. The molecule has 0 aliphatic rings. The predicted octanol–water partition coefficient (Wildman–Crippen LogP) is 4.27. The lowest BCUT2D eigenvalue weighted by Crippen LogP contribution is -2.09. The molecule has 160 valence electrons. The molecule has 0 unspecified atom stereocenters. The van der Waals surface area contributed by atoms with Crippen LogP contribution in [0.5, 0.6) is 0 Å². The van der Waals surface area contributed by atoms with Gasteiger partial charge < -0.3 is 0 Å². The second-order valence-electron chi connectivity index (χ2n) is 5.81. The summed E-state index contributed by atoms with van der Waals surface area (Å²) in [5.41, 5.74) is -3.06. The molecule has 1 N–H and O–H groups in total. The first-order chi connectivity index (χ1) is 13.4. The van der Waals surface area contributed by atoms with Crippen molar-refractivity contribution in [2.24, 2.45) is 19.1 Å². The minimum atomic E-state index is -4.75. The number of aryl methyl sites for hydroxylation is 2. The zero-order chi connectivity index (χ0) is 22.0. The molecule has 14 heteroatoms. The second kappa shape index (κ2) is 8.73. The highest BCUT2D eigenvalue weighted by Gasteiger charge is 2.39. The molecule has 0 aliphatic carbocycles. The van der Waals surface area contributed by atoms with E-state index in [0.717, 1.165) is 27.3 Å². The summed E-state index contributed by atoms with van der Waals surface area (Å²) in [6, 6.07) is 0. The maximum Gasteiger partial charge on any atom is 0.435 e. The van der Waals surface area contributed by atoms with Crippen LogP contribution in [-0.4, -0.2) is 44.4 Å². The third kappa shape index (κ3) is 5.29. The van der Waals surface area contributed by atoms with Gasteiger partial charge in [0.15, 0.2) is 12.0 Å². The fourth-order valence-corrected chi connectivity index (χ4v) is 3.59. The quantitative estimate of drug-likeness (QED) is 0.168. The van der Waals surface area contributed by atoms with E-state index in [1.54, 1.807) is 0 Å². The van der Waals surface area contributed by atoms with E-state index in [1.807, 2.05) is 0 Å². The number of hydrogen-bond donors (Lipinski definition) is 1. The minimum Gasteiger partial charge on any atom is -0.298 e. The third-order valence-electron chi connectivity index (χ3n) is 3.67. The van der Waals surface area contributed by atoms with Gasteiger partial charge >= 0.3 is 12.4 Å². The number of alkyl halides is 6. The summed E-state index contributed by atoms with van der Waals surface area (Å²) in [7, 11) is 2.64. The molecule has 2 rings (SSSR count). The number of thioether (sulfide) groups is 1. The summed E-state index contributed by atoms with van der Waals surface area (Å²) in [6.07, 6.45) is -7.90. The first-order valence-corrected chi connectivity index (χ1v) is 9.35. The number of rotatable bonds is 7. The van der Waals surface area contributed by atoms with E-state index in [-0.39, 0.29) is 33.8 Å². The number of aldehydes is 1.